The fraction of sp³-hybridized carbons (Fsp3) is 0.263. The minimum Gasteiger partial charge on any atom is -0.324 e. The molecule has 0 saturated carbocycles. The SMILES string of the molecule is N#CCSc1ccccc1NC(=O)CSc1ccc2c(c1)CCC2. The van der Waals surface area contributed by atoms with Gasteiger partial charge in [-0.25, -0.2) is 0 Å². The van der Waals surface area contributed by atoms with Gasteiger partial charge < -0.3 is 5.32 Å². The number of carbonyl (C=O) groups is 1. The van der Waals surface area contributed by atoms with Crippen molar-refractivity contribution < 1.29 is 4.79 Å². The molecule has 3 rings (SSSR count). The van der Waals surface area contributed by atoms with Gasteiger partial charge in [0.05, 0.1) is 23.3 Å². The Labute approximate surface area is 150 Å². The summed E-state index contributed by atoms with van der Waals surface area (Å²) in [5.74, 6) is 0.734. The third kappa shape index (κ3) is 4.34. The van der Waals surface area contributed by atoms with Crippen molar-refractivity contribution in [1.29, 1.82) is 5.26 Å². The van der Waals surface area contributed by atoms with E-state index < -0.39 is 0 Å². The van der Waals surface area contributed by atoms with Crippen molar-refractivity contribution in [1.82, 2.24) is 0 Å². The highest BCUT2D eigenvalue weighted by molar-refractivity contribution is 8.00. The molecule has 2 aromatic carbocycles. The lowest BCUT2D eigenvalue weighted by Crippen LogP contribution is -2.14. The molecule has 0 atom stereocenters. The van der Waals surface area contributed by atoms with E-state index in [1.165, 1.54) is 35.7 Å². The molecule has 0 radical (unpaired) electrons. The molecule has 3 nitrogen and oxygen atoms in total. The molecule has 0 heterocycles. The van der Waals surface area contributed by atoms with E-state index in [0.717, 1.165) is 21.9 Å². The topological polar surface area (TPSA) is 52.9 Å². The molecule has 0 unspecified atom stereocenters. The molecule has 0 fully saturated rings. The van der Waals surface area contributed by atoms with Crippen LogP contribution in [0.1, 0.15) is 17.5 Å². The molecular weight excluding hydrogens is 336 g/mol. The average molecular weight is 355 g/mol. The monoisotopic (exact) mass is 354 g/mol. The molecule has 0 aliphatic heterocycles. The van der Waals surface area contributed by atoms with Gasteiger partial charge in [0, 0.05) is 9.79 Å². The molecule has 0 saturated heterocycles. The highest BCUT2D eigenvalue weighted by Crippen LogP contribution is 2.29. The van der Waals surface area contributed by atoms with Crippen LogP contribution in [-0.2, 0) is 17.6 Å². The Hall–Kier alpha value is -1.90. The Bertz CT molecular complexity index is 783. The maximum Gasteiger partial charge on any atom is 0.234 e. The summed E-state index contributed by atoms with van der Waals surface area (Å²) in [5, 5.41) is 11.7. The average Bonchev–Trinajstić information content (AvgIpc) is 3.07. The summed E-state index contributed by atoms with van der Waals surface area (Å²) in [7, 11) is 0. The number of rotatable bonds is 6. The van der Waals surface area contributed by atoms with Crippen LogP contribution in [0.15, 0.2) is 52.3 Å². The highest BCUT2D eigenvalue weighted by Gasteiger charge is 2.12. The maximum atomic E-state index is 12.2. The van der Waals surface area contributed by atoms with E-state index in [9.17, 15) is 4.79 Å². The third-order valence-corrected chi connectivity index (χ3v) is 5.83. The van der Waals surface area contributed by atoms with Gasteiger partial charge in [0.15, 0.2) is 0 Å². The van der Waals surface area contributed by atoms with Crippen LogP contribution < -0.4 is 5.32 Å². The first-order valence-electron chi connectivity index (χ1n) is 7.89. The van der Waals surface area contributed by atoms with Gasteiger partial charge in [0.1, 0.15) is 0 Å². The number of hydrogen-bond donors (Lipinski definition) is 1. The Kier molecular flexibility index (Phi) is 5.84. The predicted octanol–water partition coefficient (Wildman–Crippen LogP) is 4.52. The van der Waals surface area contributed by atoms with Crippen LogP contribution in [-0.4, -0.2) is 17.4 Å². The summed E-state index contributed by atoms with van der Waals surface area (Å²) in [6.07, 6.45) is 3.57. The van der Waals surface area contributed by atoms with E-state index in [0.29, 0.717) is 11.5 Å². The van der Waals surface area contributed by atoms with Crippen LogP contribution in [0.4, 0.5) is 5.69 Å². The number of benzene rings is 2. The number of carbonyl (C=O) groups excluding carboxylic acids is 1. The Balaban J connectivity index is 1.57. The van der Waals surface area contributed by atoms with E-state index in [-0.39, 0.29) is 5.91 Å². The summed E-state index contributed by atoms with van der Waals surface area (Å²) in [5.41, 5.74) is 3.66. The second kappa shape index (κ2) is 8.27. The quantitative estimate of drug-likeness (QED) is 0.775. The Morgan fingerprint density at radius 3 is 2.83 bits per heavy atom. The van der Waals surface area contributed by atoms with E-state index in [2.05, 4.69) is 29.6 Å². The van der Waals surface area contributed by atoms with Crippen LogP contribution in [0.3, 0.4) is 0 Å². The largest absolute Gasteiger partial charge is 0.324 e. The first-order chi connectivity index (χ1) is 11.8. The molecule has 0 aromatic heterocycles. The number of aryl methyl sites for hydroxylation is 2. The fourth-order valence-electron chi connectivity index (χ4n) is 2.78. The number of anilines is 1. The van der Waals surface area contributed by atoms with Crippen LogP contribution >= 0.6 is 23.5 Å². The number of nitriles is 1. The van der Waals surface area contributed by atoms with E-state index in [4.69, 9.17) is 5.26 Å². The van der Waals surface area contributed by atoms with Gasteiger partial charge >= 0.3 is 0 Å². The summed E-state index contributed by atoms with van der Waals surface area (Å²) in [4.78, 5) is 14.3. The minimum atomic E-state index is -0.0227. The molecule has 24 heavy (non-hydrogen) atoms. The zero-order chi connectivity index (χ0) is 16.8. The van der Waals surface area contributed by atoms with E-state index in [1.54, 1.807) is 11.8 Å². The summed E-state index contributed by atoms with van der Waals surface area (Å²) in [6.45, 7) is 0. The smallest absolute Gasteiger partial charge is 0.234 e. The van der Waals surface area contributed by atoms with Crippen molar-refractivity contribution in [2.45, 2.75) is 29.1 Å². The molecule has 1 amide bonds. The van der Waals surface area contributed by atoms with Crippen molar-refractivity contribution >= 4 is 35.1 Å². The van der Waals surface area contributed by atoms with Crippen molar-refractivity contribution in [3.05, 3.63) is 53.6 Å². The molecule has 1 aliphatic rings. The number of thioether (sulfide) groups is 2. The molecule has 2 aromatic rings. The molecule has 5 heteroatoms. The van der Waals surface area contributed by atoms with E-state index >= 15 is 0 Å². The van der Waals surface area contributed by atoms with Gasteiger partial charge in [0.2, 0.25) is 5.91 Å². The van der Waals surface area contributed by atoms with Gasteiger partial charge in [-0.05, 0) is 54.7 Å². The van der Waals surface area contributed by atoms with E-state index in [1.807, 2.05) is 24.3 Å². The summed E-state index contributed by atoms with van der Waals surface area (Å²) < 4.78 is 0. The molecule has 122 valence electrons. The molecule has 0 spiro atoms. The zero-order valence-corrected chi connectivity index (χ0v) is 14.9. The summed E-state index contributed by atoms with van der Waals surface area (Å²) >= 11 is 3.00. The number of nitrogens with one attached hydrogen (secondary N) is 1. The lowest BCUT2D eigenvalue weighted by Gasteiger charge is -2.10. The normalized spacial score (nSPS) is 12.5. The van der Waals surface area contributed by atoms with Gasteiger partial charge in [0.25, 0.3) is 0 Å². The van der Waals surface area contributed by atoms with Crippen LogP contribution in [0.25, 0.3) is 0 Å². The Morgan fingerprint density at radius 2 is 1.96 bits per heavy atom. The molecule has 1 aliphatic carbocycles. The van der Waals surface area contributed by atoms with Gasteiger partial charge in [-0.3, -0.25) is 4.79 Å². The maximum absolute atomic E-state index is 12.2. The number of amides is 1. The van der Waals surface area contributed by atoms with Gasteiger partial charge in [-0.1, -0.05) is 18.2 Å². The van der Waals surface area contributed by atoms with Crippen LogP contribution in [0.2, 0.25) is 0 Å². The zero-order valence-electron chi connectivity index (χ0n) is 13.2. The lowest BCUT2D eigenvalue weighted by atomic mass is 10.1. The lowest BCUT2D eigenvalue weighted by molar-refractivity contribution is -0.113. The molecule has 1 N–H and O–H groups in total. The van der Waals surface area contributed by atoms with Crippen molar-refractivity contribution in [3.63, 3.8) is 0 Å². The van der Waals surface area contributed by atoms with Crippen molar-refractivity contribution in [2.75, 3.05) is 16.8 Å². The number of nitrogens with zero attached hydrogens (tertiary/aromatic N) is 1. The summed E-state index contributed by atoms with van der Waals surface area (Å²) in [6, 6.07) is 16.2. The minimum absolute atomic E-state index is 0.0227. The van der Waals surface area contributed by atoms with Gasteiger partial charge in [-0.15, -0.1) is 23.5 Å². The second-order valence-corrected chi connectivity index (χ2v) is 7.63. The third-order valence-electron chi connectivity index (χ3n) is 3.89. The number of fused-ring (bicyclic) bond motifs is 1. The molecular formula is C19H18N2OS2. The molecule has 0 bridgehead atoms. The van der Waals surface area contributed by atoms with Crippen LogP contribution in [0, 0.1) is 11.3 Å². The number of para-hydroxylation sites is 1. The van der Waals surface area contributed by atoms with Crippen LogP contribution in [0.5, 0.6) is 0 Å². The standard InChI is InChI=1S/C19H18N2OS2/c20-10-11-23-18-7-2-1-6-17(18)21-19(22)13-24-16-9-8-14-4-3-5-15(14)12-16/h1-2,6-9,12H,3-5,11,13H2,(H,21,22). The highest BCUT2D eigenvalue weighted by atomic mass is 32.2. The first-order valence-corrected chi connectivity index (χ1v) is 9.86. The predicted molar refractivity (Wildman–Crippen MR) is 101 cm³/mol. The Morgan fingerprint density at radius 1 is 1.12 bits per heavy atom. The second-order valence-electron chi connectivity index (χ2n) is 5.56. The number of hydrogen-bond acceptors (Lipinski definition) is 4. The first kappa shape index (κ1) is 16.9. The van der Waals surface area contributed by atoms with Crippen molar-refractivity contribution in [3.8, 4) is 6.07 Å². The fourth-order valence-corrected chi connectivity index (χ4v) is 4.21. The van der Waals surface area contributed by atoms with Crippen molar-refractivity contribution in [2.24, 2.45) is 0 Å². The van der Waals surface area contributed by atoms with Gasteiger partial charge in [-0.2, -0.15) is 5.26 Å².